The van der Waals surface area contributed by atoms with E-state index in [1.54, 1.807) is 4.68 Å². The standard InChI is InChI=1S/C11H19N3O2/c1-8(2)4-5-11-10(7-16)12-13-14(11)9(3)6-15/h7-9,15H,4-6H2,1-3H3. The number of rotatable bonds is 6. The third-order valence-corrected chi connectivity index (χ3v) is 2.57. The molecule has 1 aromatic heterocycles. The van der Waals surface area contributed by atoms with Crippen LogP contribution in [0.2, 0.25) is 0 Å². The van der Waals surface area contributed by atoms with E-state index >= 15 is 0 Å². The van der Waals surface area contributed by atoms with Crippen molar-refractivity contribution >= 4 is 6.29 Å². The van der Waals surface area contributed by atoms with Crippen molar-refractivity contribution in [1.82, 2.24) is 15.0 Å². The number of aldehydes is 1. The summed E-state index contributed by atoms with van der Waals surface area (Å²) < 4.78 is 1.64. The monoisotopic (exact) mass is 225 g/mol. The Morgan fingerprint density at radius 1 is 1.44 bits per heavy atom. The van der Waals surface area contributed by atoms with Crippen LogP contribution in [0, 0.1) is 5.92 Å². The van der Waals surface area contributed by atoms with Gasteiger partial charge in [-0.15, -0.1) is 5.10 Å². The van der Waals surface area contributed by atoms with E-state index in [1.807, 2.05) is 6.92 Å². The van der Waals surface area contributed by atoms with E-state index in [1.165, 1.54) is 0 Å². The van der Waals surface area contributed by atoms with Crippen LogP contribution in [0.1, 0.15) is 49.4 Å². The van der Waals surface area contributed by atoms with Gasteiger partial charge in [-0.3, -0.25) is 4.79 Å². The van der Waals surface area contributed by atoms with Gasteiger partial charge in [0.25, 0.3) is 0 Å². The molecule has 0 aliphatic rings. The summed E-state index contributed by atoms with van der Waals surface area (Å²) in [5.41, 5.74) is 1.21. The molecule has 0 aromatic carbocycles. The van der Waals surface area contributed by atoms with Crippen molar-refractivity contribution in [2.24, 2.45) is 5.92 Å². The van der Waals surface area contributed by atoms with Gasteiger partial charge in [0.2, 0.25) is 0 Å². The fourth-order valence-corrected chi connectivity index (χ4v) is 1.52. The maximum Gasteiger partial charge on any atom is 0.172 e. The first-order valence-corrected chi connectivity index (χ1v) is 5.60. The van der Waals surface area contributed by atoms with Crippen molar-refractivity contribution in [2.45, 2.75) is 39.7 Å². The fourth-order valence-electron chi connectivity index (χ4n) is 1.52. The normalized spacial score (nSPS) is 13.1. The summed E-state index contributed by atoms with van der Waals surface area (Å²) in [4.78, 5) is 10.8. The van der Waals surface area contributed by atoms with Crippen molar-refractivity contribution in [3.05, 3.63) is 11.4 Å². The molecule has 90 valence electrons. The summed E-state index contributed by atoms with van der Waals surface area (Å²) in [6, 6.07) is -0.136. The average Bonchev–Trinajstić information content (AvgIpc) is 2.67. The van der Waals surface area contributed by atoms with E-state index in [0.29, 0.717) is 11.6 Å². The number of hydrogen-bond donors (Lipinski definition) is 1. The number of aliphatic hydroxyl groups excluding tert-OH is 1. The molecule has 0 aliphatic carbocycles. The lowest BCUT2D eigenvalue weighted by Crippen LogP contribution is -2.15. The second kappa shape index (κ2) is 5.75. The van der Waals surface area contributed by atoms with Gasteiger partial charge in [0.1, 0.15) is 5.69 Å². The minimum Gasteiger partial charge on any atom is -0.394 e. The van der Waals surface area contributed by atoms with E-state index in [9.17, 15) is 4.79 Å². The van der Waals surface area contributed by atoms with Crippen LogP contribution in [0.25, 0.3) is 0 Å². The lowest BCUT2D eigenvalue weighted by atomic mass is 10.1. The maximum atomic E-state index is 10.8. The Hall–Kier alpha value is -1.23. The molecule has 0 fully saturated rings. The smallest absolute Gasteiger partial charge is 0.172 e. The highest BCUT2D eigenvalue weighted by atomic mass is 16.3. The number of nitrogens with zero attached hydrogens (tertiary/aromatic N) is 3. The highest BCUT2D eigenvalue weighted by Gasteiger charge is 2.16. The zero-order valence-corrected chi connectivity index (χ0v) is 10.1. The minimum absolute atomic E-state index is 0.00364. The molecule has 1 heterocycles. The molecule has 0 radical (unpaired) electrons. The zero-order valence-electron chi connectivity index (χ0n) is 10.1. The number of aliphatic hydroxyl groups is 1. The summed E-state index contributed by atoms with van der Waals surface area (Å²) in [7, 11) is 0. The zero-order chi connectivity index (χ0) is 12.1. The van der Waals surface area contributed by atoms with Gasteiger partial charge in [0.05, 0.1) is 18.3 Å². The third-order valence-electron chi connectivity index (χ3n) is 2.57. The largest absolute Gasteiger partial charge is 0.394 e. The van der Waals surface area contributed by atoms with E-state index in [2.05, 4.69) is 24.2 Å². The molecule has 0 spiro atoms. The second-order valence-electron chi connectivity index (χ2n) is 4.45. The van der Waals surface area contributed by atoms with E-state index < -0.39 is 0 Å². The van der Waals surface area contributed by atoms with Gasteiger partial charge in [0, 0.05) is 0 Å². The first kappa shape index (κ1) is 12.8. The SMILES string of the molecule is CC(C)CCc1c(C=O)nnn1C(C)CO. The Morgan fingerprint density at radius 2 is 2.12 bits per heavy atom. The molecule has 0 amide bonds. The van der Waals surface area contributed by atoms with Crippen molar-refractivity contribution in [2.75, 3.05) is 6.61 Å². The Balaban J connectivity index is 2.91. The predicted octanol–water partition coefficient (Wildman–Crippen LogP) is 1.23. The number of carbonyl (C=O) groups is 1. The van der Waals surface area contributed by atoms with E-state index in [0.717, 1.165) is 24.8 Å². The Kier molecular flexibility index (Phi) is 4.61. The molecule has 16 heavy (non-hydrogen) atoms. The summed E-state index contributed by atoms with van der Waals surface area (Å²) in [5.74, 6) is 0.562. The number of aromatic nitrogens is 3. The average molecular weight is 225 g/mol. The van der Waals surface area contributed by atoms with Crippen LogP contribution >= 0.6 is 0 Å². The van der Waals surface area contributed by atoms with Gasteiger partial charge >= 0.3 is 0 Å². The van der Waals surface area contributed by atoms with Crippen molar-refractivity contribution in [3.63, 3.8) is 0 Å². The Bertz CT molecular complexity index is 347. The third kappa shape index (κ3) is 2.88. The predicted molar refractivity (Wildman–Crippen MR) is 60.4 cm³/mol. The summed E-state index contributed by atoms with van der Waals surface area (Å²) in [5, 5.41) is 16.8. The van der Waals surface area contributed by atoms with Crippen LogP contribution in [0.4, 0.5) is 0 Å². The molecule has 1 rings (SSSR count). The molecule has 0 saturated carbocycles. The van der Waals surface area contributed by atoms with Crippen molar-refractivity contribution in [3.8, 4) is 0 Å². The number of carbonyl (C=O) groups excluding carboxylic acids is 1. The van der Waals surface area contributed by atoms with E-state index in [-0.39, 0.29) is 12.6 Å². The summed E-state index contributed by atoms with van der Waals surface area (Å²) in [6.45, 7) is 6.10. The fraction of sp³-hybridized carbons (Fsp3) is 0.727. The molecule has 1 aromatic rings. The molecule has 1 unspecified atom stereocenters. The van der Waals surface area contributed by atoms with Gasteiger partial charge in [-0.1, -0.05) is 19.1 Å². The summed E-state index contributed by atoms with van der Waals surface area (Å²) >= 11 is 0. The quantitative estimate of drug-likeness (QED) is 0.739. The van der Waals surface area contributed by atoms with Crippen LogP contribution in [-0.2, 0) is 6.42 Å². The van der Waals surface area contributed by atoms with E-state index in [4.69, 9.17) is 5.11 Å². The molecular formula is C11H19N3O2. The van der Waals surface area contributed by atoms with Crippen molar-refractivity contribution < 1.29 is 9.90 Å². The first-order chi connectivity index (χ1) is 7.60. The van der Waals surface area contributed by atoms with Gasteiger partial charge in [0.15, 0.2) is 6.29 Å². The molecule has 0 bridgehead atoms. The molecule has 1 atom stereocenters. The minimum atomic E-state index is -0.136. The van der Waals surface area contributed by atoms with Gasteiger partial charge in [-0.25, -0.2) is 4.68 Å². The van der Waals surface area contributed by atoms with Gasteiger partial charge in [-0.05, 0) is 25.7 Å². The van der Waals surface area contributed by atoms with Crippen LogP contribution in [-0.4, -0.2) is 33.0 Å². The lowest BCUT2D eigenvalue weighted by Gasteiger charge is -2.12. The first-order valence-electron chi connectivity index (χ1n) is 5.60. The Labute approximate surface area is 95.5 Å². The van der Waals surface area contributed by atoms with Crippen LogP contribution < -0.4 is 0 Å². The van der Waals surface area contributed by atoms with Crippen LogP contribution in [0.5, 0.6) is 0 Å². The van der Waals surface area contributed by atoms with Crippen LogP contribution in [0.15, 0.2) is 0 Å². The molecule has 5 heteroatoms. The topological polar surface area (TPSA) is 68.0 Å². The van der Waals surface area contributed by atoms with Crippen molar-refractivity contribution in [1.29, 1.82) is 0 Å². The second-order valence-corrected chi connectivity index (χ2v) is 4.45. The molecule has 0 aliphatic heterocycles. The highest BCUT2D eigenvalue weighted by Crippen LogP contribution is 2.15. The molecular weight excluding hydrogens is 206 g/mol. The highest BCUT2D eigenvalue weighted by molar-refractivity contribution is 5.73. The van der Waals surface area contributed by atoms with Crippen LogP contribution in [0.3, 0.4) is 0 Å². The maximum absolute atomic E-state index is 10.8. The van der Waals surface area contributed by atoms with Gasteiger partial charge < -0.3 is 5.11 Å². The molecule has 1 N–H and O–H groups in total. The number of hydrogen-bond acceptors (Lipinski definition) is 4. The molecule has 0 saturated heterocycles. The Morgan fingerprint density at radius 3 is 2.62 bits per heavy atom. The van der Waals surface area contributed by atoms with Gasteiger partial charge in [-0.2, -0.15) is 0 Å². The molecule has 5 nitrogen and oxygen atoms in total. The summed E-state index contributed by atoms with van der Waals surface area (Å²) in [6.07, 6.45) is 2.47. The lowest BCUT2D eigenvalue weighted by molar-refractivity contribution is 0.111.